The number of carbonyl (C=O) groups is 1. The van der Waals surface area contributed by atoms with Crippen molar-refractivity contribution in [3.05, 3.63) is 97.2 Å². The molecule has 0 bridgehead atoms. The molecule has 83 heavy (non-hydrogen) atoms. The zero-order valence-electron chi connectivity index (χ0n) is 51.7. The number of aliphatic hydroxyl groups excluding tert-OH is 8. The van der Waals surface area contributed by atoms with Gasteiger partial charge in [-0.15, -0.1) is 0 Å². The van der Waals surface area contributed by atoms with E-state index in [1.165, 1.54) is 128 Å². The Hall–Kier alpha value is -3.09. The van der Waals surface area contributed by atoms with Gasteiger partial charge in [-0.3, -0.25) is 4.79 Å². The quantitative estimate of drug-likeness (QED) is 0.0204. The highest BCUT2D eigenvalue weighted by Gasteiger charge is 2.51. The van der Waals surface area contributed by atoms with E-state index >= 15 is 0 Å². The number of aliphatic hydroxyl groups is 8. The van der Waals surface area contributed by atoms with Crippen molar-refractivity contribution < 1.29 is 64.6 Å². The van der Waals surface area contributed by atoms with Crippen LogP contribution in [0.3, 0.4) is 0 Å². The smallest absolute Gasteiger partial charge is 0.220 e. The van der Waals surface area contributed by atoms with Crippen LogP contribution in [0.1, 0.15) is 239 Å². The molecule has 2 fully saturated rings. The molecule has 2 heterocycles. The number of ether oxygens (including phenoxy) is 4. The summed E-state index contributed by atoms with van der Waals surface area (Å²) >= 11 is 0. The number of hydrogen-bond donors (Lipinski definition) is 9. The van der Waals surface area contributed by atoms with Crippen LogP contribution < -0.4 is 5.32 Å². The van der Waals surface area contributed by atoms with E-state index in [1.807, 2.05) is 6.08 Å². The molecule has 0 aromatic carbocycles. The average molecular weight is 1170 g/mol. The third-order valence-corrected chi connectivity index (χ3v) is 15.5. The molecular weight excluding hydrogens is 1050 g/mol. The summed E-state index contributed by atoms with van der Waals surface area (Å²) in [7, 11) is 0. The van der Waals surface area contributed by atoms with Crippen LogP contribution in [0.15, 0.2) is 97.2 Å². The zero-order valence-corrected chi connectivity index (χ0v) is 51.7. The van der Waals surface area contributed by atoms with Crippen LogP contribution in [-0.4, -0.2) is 140 Å². The van der Waals surface area contributed by atoms with Gasteiger partial charge in [0.25, 0.3) is 0 Å². The van der Waals surface area contributed by atoms with Gasteiger partial charge in [-0.05, 0) is 77.0 Å². The number of rotatable bonds is 52. The van der Waals surface area contributed by atoms with Gasteiger partial charge in [-0.2, -0.15) is 0 Å². The summed E-state index contributed by atoms with van der Waals surface area (Å²) in [6, 6.07) is -0.916. The molecule has 0 aliphatic carbocycles. The van der Waals surface area contributed by atoms with Gasteiger partial charge in [0, 0.05) is 6.42 Å². The van der Waals surface area contributed by atoms with E-state index in [9.17, 15) is 45.6 Å². The predicted molar refractivity (Wildman–Crippen MR) is 336 cm³/mol. The minimum absolute atomic E-state index is 0.243. The Labute approximate surface area is 503 Å². The molecule has 1 amide bonds. The minimum atomic E-state index is -1.79. The van der Waals surface area contributed by atoms with Gasteiger partial charge in [0.2, 0.25) is 5.91 Å². The van der Waals surface area contributed by atoms with E-state index < -0.39 is 86.8 Å². The minimum Gasteiger partial charge on any atom is -0.394 e. The van der Waals surface area contributed by atoms with E-state index in [-0.39, 0.29) is 18.9 Å². The molecule has 0 spiro atoms. The summed E-state index contributed by atoms with van der Waals surface area (Å²) in [5, 5.41) is 87.0. The topological polar surface area (TPSA) is 228 Å². The highest BCUT2D eigenvalue weighted by Crippen LogP contribution is 2.30. The maximum absolute atomic E-state index is 13.2. The molecule has 478 valence electrons. The van der Waals surface area contributed by atoms with Gasteiger partial charge in [0.15, 0.2) is 12.6 Å². The lowest BCUT2D eigenvalue weighted by atomic mass is 9.97. The second-order valence-corrected chi connectivity index (χ2v) is 22.9. The standard InChI is InChI=1S/C69H119NO13/c1-3-5-7-9-11-13-15-16-17-18-19-20-21-22-23-24-25-26-27-28-29-30-31-32-33-34-35-36-37-38-39-40-41-42-43-45-47-49-51-53-61(74)70-57(58(73)52-50-48-46-44-14-12-10-8-6-4-2)56-80-68-66(79)64(77)67(60(55-72)82-68)83-69-65(78)63(76)62(75)59(54-71)81-69/h5,7,11,13,16-17,19-20,22-23,25-26,28-29,50,52,57-60,62-69,71-73,75-79H,3-4,6,8-10,12,14-15,18,21,24,27,30-49,51,53-56H2,1-2H3,(H,70,74)/b7-5-,13-11-,17-16-,20-19-,23-22-,26-25-,29-28-,52-50+. The maximum atomic E-state index is 13.2. The Morgan fingerprint density at radius 2 is 0.831 bits per heavy atom. The molecule has 0 saturated carbocycles. The Bertz CT molecular complexity index is 1760. The molecule has 2 saturated heterocycles. The van der Waals surface area contributed by atoms with Crippen molar-refractivity contribution in [2.24, 2.45) is 0 Å². The summed E-state index contributed by atoms with van der Waals surface area (Å²) in [5.74, 6) is -0.243. The van der Waals surface area contributed by atoms with E-state index in [0.29, 0.717) is 6.42 Å². The molecule has 14 nitrogen and oxygen atoms in total. The molecule has 0 aromatic heterocycles. The van der Waals surface area contributed by atoms with Gasteiger partial charge in [0.05, 0.1) is 32.0 Å². The second kappa shape index (κ2) is 53.2. The number of unbranched alkanes of at least 4 members (excludes halogenated alkanes) is 25. The highest BCUT2D eigenvalue weighted by molar-refractivity contribution is 5.76. The van der Waals surface area contributed by atoms with Crippen molar-refractivity contribution >= 4 is 5.91 Å². The van der Waals surface area contributed by atoms with Crippen LogP contribution in [-0.2, 0) is 23.7 Å². The summed E-state index contributed by atoms with van der Waals surface area (Å²) < 4.78 is 22.7. The van der Waals surface area contributed by atoms with E-state index in [1.54, 1.807) is 6.08 Å². The molecule has 2 aliphatic rings. The van der Waals surface area contributed by atoms with Gasteiger partial charge in [-0.25, -0.2) is 0 Å². The first kappa shape index (κ1) is 76.0. The molecule has 12 unspecified atom stereocenters. The first-order valence-corrected chi connectivity index (χ1v) is 33.0. The SMILES string of the molecule is CC/C=C\C/C=C\C/C=C\C/C=C\C/C=C\C/C=C\C/C=C\CCCCCCCCCCCCCCCCCCCC(=O)NC(COC1OC(CO)C(OC2OC(CO)C(O)C(O)C2O)C(O)C1O)C(O)/C=C/CCCCCCCCCC. The van der Waals surface area contributed by atoms with Gasteiger partial charge in [0.1, 0.15) is 48.8 Å². The number of amides is 1. The fourth-order valence-corrected chi connectivity index (χ4v) is 10.3. The van der Waals surface area contributed by atoms with Crippen LogP contribution in [0.5, 0.6) is 0 Å². The van der Waals surface area contributed by atoms with E-state index in [0.717, 1.165) is 83.5 Å². The van der Waals surface area contributed by atoms with Crippen LogP contribution in [0, 0.1) is 0 Å². The summed E-state index contributed by atoms with van der Waals surface area (Å²) in [6.07, 6.45) is 57.7. The summed E-state index contributed by atoms with van der Waals surface area (Å²) in [4.78, 5) is 13.2. The molecule has 14 heteroatoms. The van der Waals surface area contributed by atoms with Crippen LogP contribution >= 0.6 is 0 Å². The first-order chi connectivity index (χ1) is 40.6. The van der Waals surface area contributed by atoms with Crippen molar-refractivity contribution in [1.29, 1.82) is 0 Å². The van der Waals surface area contributed by atoms with Crippen molar-refractivity contribution in [1.82, 2.24) is 5.32 Å². The largest absolute Gasteiger partial charge is 0.394 e. The van der Waals surface area contributed by atoms with Crippen molar-refractivity contribution in [3.63, 3.8) is 0 Å². The summed E-state index contributed by atoms with van der Waals surface area (Å²) in [6.45, 7) is 2.65. The molecule has 2 aliphatic heterocycles. The lowest BCUT2D eigenvalue weighted by molar-refractivity contribution is -0.359. The Balaban J connectivity index is 1.56. The fourth-order valence-electron chi connectivity index (χ4n) is 10.3. The van der Waals surface area contributed by atoms with Crippen LogP contribution in [0.2, 0.25) is 0 Å². The third-order valence-electron chi connectivity index (χ3n) is 15.5. The maximum Gasteiger partial charge on any atom is 0.220 e. The highest BCUT2D eigenvalue weighted by atomic mass is 16.7. The lowest BCUT2D eigenvalue weighted by Crippen LogP contribution is -2.65. The number of hydrogen-bond acceptors (Lipinski definition) is 13. The van der Waals surface area contributed by atoms with E-state index in [4.69, 9.17) is 18.9 Å². The molecule has 0 radical (unpaired) electrons. The molecule has 2 rings (SSSR count). The van der Waals surface area contributed by atoms with E-state index in [2.05, 4.69) is 104 Å². The predicted octanol–water partition coefficient (Wildman–Crippen LogP) is 12.6. The number of carbonyl (C=O) groups excluding carboxylic acids is 1. The molecule has 12 atom stereocenters. The van der Waals surface area contributed by atoms with Crippen LogP contribution in [0.25, 0.3) is 0 Å². The Morgan fingerprint density at radius 3 is 1.28 bits per heavy atom. The molecule has 9 N–H and O–H groups in total. The monoisotopic (exact) mass is 1170 g/mol. The lowest BCUT2D eigenvalue weighted by Gasteiger charge is -2.46. The van der Waals surface area contributed by atoms with Gasteiger partial charge in [-0.1, -0.05) is 252 Å². The third kappa shape index (κ3) is 37.9. The van der Waals surface area contributed by atoms with Crippen molar-refractivity contribution in [3.8, 4) is 0 Å². The fraction of sp³-hybridized carbons (Fsp3) is 0.754. The van der Waals surface area contributed by atoms with Gasteiger partial charge >= 0.3 is 0 Å². The van der Waals surface area contributed by atoms with Crippen molar-refractivity contribution in [2.75, 3.05) is 19.8 Å². The zero-order chi connectivity index (χ0) is 60.2. The second-order valence-electron chi connectivity index (χ2n) is 22.9. The Morgan fingerprint density at radius 1 is 0.446 bits per heavy atom. The normalized spacial score (nSPS) is 24.5. The van der Waals surface area contributed by atoms with Gasteiger partial charge < -0.3 is 65.1 Å². The average Bonchev–Trinajstić information content (AvgIpc) is 3.47. The molecule has 0 aromatic rings. The van der Waals surface area contributed by atoms with Crippen LogP contribution in [0.4, 0.5) is 0 Å². The first-order valence-electron chi connectivity index (χ1n) is 33.0. The molecular formula is C69H119NO13. The van der Waals surface area contributed by atoms with Crippen molar-refractivity contribution in [2.45, 2.75) is 312 Å². The summed E-state index contributed by atoms with van der Waals surface area (Å²) in [5.41, 5.74) is 0. The number of allylic oxidation sites excluding steroid dienone is 15. The Kier molecular flexibility index (Phi) is 48.7. The number of nitrogens with one attached hydrogen (secondary N) is 1.